The van der Waals surface area contributed by atoms with Crippen LogP contribution in [0, 0.1) is 13.8 Å². The Morgan fingerprint density at radius 1 is 1.00 bits per heavy atom. The van der Waals surface area contributed by atoms with E-state index in [0.717, 1.165) is 42.5 Å². The van der Waals surface area contributed by atoms with Crippen molar-refractivity contribution in [2.45, 2.75) is 33.1 Å². The first-order valence-corrected chi connectivity index (χ1v) is 9.66. The van der Waals surface area contributed by atoms with Gasteiger partial charge in [-0.1, -0.05) is 6.42 Å². The quantitative estimate of drug-likeness (QED) is 0.723. The smallest absolute Gasteiger partial charge is 0.208 e. The van der Waals surface area contributed by atoms with Crippen LogP contribution in [0.15, 0.2) is 18.5 Å². The first-order valence-electron chi connectivity index (χ1n) is 7.77. The molecule has 23 heavy (non-hydrogen) atoms. The van der Waals surface area contributed by atoms with Crippen molar-refractivity contribution in [1.82, 2.24) is 14.7 Å². The van der Waals surface area contributed by atoms with Gasteiger partial charge in [0.15, 0.2) is 0 Å². The number of unbranched alkanes of at least 4 members (excludes halogenated alkanes) is 2. The van der Waals surface area contributed by atoms with E-state index in [1.165, 1.54) is 17.4 Å². The molecule has 0 bridgehead atoms. The zero-order valence-corrected chi connectivity index (χ0v) is 14.7. The molecule has 0 aliphatic rings. The van der Waals surface area contributed by atoms with Crippen LogP contribution < -0.4 is 10.0 Å². The molecule has 2 N–H and O–H groups in total. The van der Waals surface area contributed by atoms with Gasteiger partial charge in [0.2, 0.25) is 10.0 Å². The van der Waals surface area contributed by atoms with Crippen molar-refractivity contribution in [3.63, 3.8) is 0 Å². The molecule has 2 aromatic rings. The highest BCUT2D eigenvalue weighted by atomic mass is 32.2. The Hall–Kier alpha value is -1.73. The molecule has 6 nitrogen and oxygen atoms in total. The summed E-state index contributed by atoms with van der Waals surface area (Å²) in [5.74, 6) is 0.854. The normalized spacial score (nSPS) is 11.8. The summed E-state index contributed by atoms with van der Waals surface area (Å²) < 4.78 is 24.4. The highest BCUT2D eigenvalue weighted by molar-refractivity contribution is 7.88. The lowest BCUT2D eigenvalue weighted by atomic mass is 10.1. The van der Waals surface area contributed by atoms with Crippen molar-refractivity contribution < 1.29 is 8.42 Å². The second-order valence-corrected chi connectivity index (χ2v) is 7.66. The summed E-state index contributed by atoms with van der Waals surface area (Å²) in [5.41, 5.74) is 3.39. The van der Waals surface area contributed by atoms with E-state index in [1.807, 2.05) is 0 Å². The zero-order valence-electron chi connectivity index (χ0n) is 13.9. The lowest BCUT2D eigenvalue weighted by Crippen LogP contribution is -2.22. The molecule has 0 saturated carbocycles. The van der Waals surface area contributed by atoms with Crippen molar-refractivity contribution in [1.29, 1.82) is 0 Å². The minimum absolute atomic E-state index is 0.494. The van der Waals surface area contributed by atoms with Gasteiger partial charge >= 0.3 is 0 Å². The Bertz CT molecular complexity index is 775. The molecule has 126 valence electrons. The van der Waals surface area contributed by atoms with Crippen LogP contribution in [-0.4, -0.2) is 37.7 Å². The van der Waals surface area contributed by atoms with Gasteiger partial charge in [-0.25, -0.2) is 23.1 Å². The average molecular weight is 336 g/mol. The molecular formula is C16H24N4O2S. The summed E-state index contributed by atoms with van der Waals surface area (Å²) in [6, 6.07) is 4.19. The molecule has 0 radical (unpaired) electrons. The fourth-order valence-corrected chi connectivity index (χ4v) is 2.86. The Balaban J connectivity index is 1.84. The van der Waals surface area contributed by atoms with Gasteiger partial charge in [-0.3, -0.25) is 0 Å². The van der Waals surface area contributed by atoms with Crippen molar-refractivity contribution >= 4 is 26.7 Å². The minimum atomic E-state index is -3.07. The van der Waals surface area contributed by atoms with Gasteiger partial charge in [0.1, 0.15) is 12.1 Å². The van der Waals surface area contributed by atoms with E-state index in [9.17, 15) is 8.42 Å². The summed E-state index contributed by atoms with van der Waals surface area (Å²) in [5, 5.41) is 4.39. The number of fused-ring (bicyclic) bond motifs is 1. The number of anilines is 1. The van der Waals surface area contributed by atoms with Crippen LogP contribution in [0.3, 0.4) is 0 Å². The first-order chi connectivity index (χ1) is 10.9. The summed E-state index contributed by atoms with van der Waals surface area (Å²) in [7, 11) is -3.07. The molecule has 1 heterocycles. The molecule has 0 atom stereocenters. The molecule has 0 fully saturated rings. The molecule has 2 rings (SSSR count). The maximum Gasteiger partial charge on any atom is 0.208 e. The van der Waals surface area contributed by atoms with E-state index >= 15 is 0 Å². The molecule has 0 unspecified atom stereocenters. The lowest BCUT2D eigenvalue weighted by molar-refractivity contribution is 0.581. The topological polar surface area (TPSA) is 84.0 Å². The maximum absolute atomic E-state index is 10.9. The Labute approximate surface area is 137 Å². The van der Waals surface area contributed by atoms with Gasteiger partial charge in [-0.05, 0) is 49.9 Å². The fraction of sp³-hybridized carbons (Fsp3) is 0.500. The summed E-state index contributed by atoms with van der Waals surface area (Å²) in [6.45, 7) is 5.46. The van der Waals surface area contributed by atoms with E-state index in [-0.39, 0.29) is 0 Å². The number of sulfonamides is 1. The number of aromatic nitrogens is 2. The number of aryl methyl sites for hydroxylation is 2. The van der Waals surface area contributed by atoms with Crippen molar-refractivity contribution in [3.05, 3.63) is 29.6 Å². The predicted octanol–water partition coefficient (Wildman–Crippen LogP) is 2.38. The van der Waals surface area contributed by atoms with Gasteiger partial charge in [0.05, 0.1) is 11.8 Å². The van der Waals surface area contributed by atoms with Gasteiger partial charge in [-0.2, -0.15) is 0 Å². The molecular weight excluding hydrogens is 312 g/mol. The number of rotatable bonds is 8. The molecule has 0 spiro atoms. The van der Waals surface area contributed by atoms with E-state index in [4.69, 9.17) is 0 Å². The number of nitrogens with zero attached hydrogens (tertiary/aromatic N) is 2. The van der Waals surface area contributed by atoms with Crippen LogP contribution in [0.25, 0.3) is 10.9 Å². The van der Waals surface area contributed by atoms with Gasteiger partial charge in [-0.15, -0.1) is 0 Å². The third kappa shape index (κ3) is 5.44. The van der Waals surface area contributed by atoms with Crippen molar-refractivity contribution in [3.8, 4) is 0 Å². The SMILES string of the molecule is Cc1cc2ncnc(NCCCCCNS(C)(=O)=O)c2cc1C. The lowest BCUT2D eigenvalue weighted by Gasteiger charge is -2.10. The van der Waals surface area contributed by atoms with E-state index in [1.54, 1.807) is 6.33 Å². The van der Waals surface area contributed by atoms with E-state index in [2.05, 4.69) is 46.0 Å². The highest BCUT2D eigenvalue weighted by Gasteiger charge is 2.05. The Morgan fingerprint density at radius 2 is 1.70 bits per heavy atom. The van der Waals surface area contributed by atoms with Gasteiger partial charge in [0, 0.05) is 18.5 Å². The van der Waals surface area contributed by atoms with Crippen LogP contribution in [0.1, 0.15) is 30.4 Å². The summed E-state index contributed by atoms with van der Waals surface area (Å²) >= 11 is 0. The number of benzene rings is 1. The van der Waals surface area contributed by atoms with Gasteiger partial charge < -0.3 is 5.32 Å². The second kappa shape index (κ2) is 7.70. The van der Waals surface area contributed by atoms with Crippen molar-refractivity contribution in [2.75, 3.05) is 24.7 Å². The Kier molecular flexibility index (Phi) is 5.90. The van der Waals surface area contributed by atoms with Crippen LogP contribution in [0.5, 0.6) is 0 Å². The van der Waals surface area contributed by atoms with Crippen molar-refractivity contribution in [2.24, 2.45) is 0 Å². The highest BCUT2D eigenvalue weighted by Crippen LogP contribution is 2.22. The maximum atomic E-state index is 10.9. The molecule has 0 aliphatic heterocycles. The predicted molar refractivity (Wildman–Crippen MR) is 94.2 cm³/mol. The standard InChI is InChI=1S/C16H24N4O2S/c1-12-9-14-15(10-13(12)2)18-11-19-16(14)17-7-5-4-6-8-20-23(3,21)22/h9-11,20H,4-8H2,1-3H3,(H,17,18,19). The van der Waals surface area contributed by atoms with Gasteiger partial charge in [0.25, 0.3) is 0 Å². The fourth-order valence-electron chi connectivity index (χ4n) is 2.35. The molecule has 0 amide bonds. The molecule has 0 aliphatic carbocycles. The third-order valence-electron chi connectivity index (χ3n) is 3.76. The Morgan fingerprint density at radius 3 is 2.43 bits per heavy atom. The van der Waals surface area contributed by atoms with Crippen LogP contribution in [-0.2, 0) is 10.0 Å². The van der Waals surface area contributed by atoms with Crippen LogP contribution in [0.4, 0.5) is 5.82 Å². The average Bonchev–Trinajstić information content (AvgIpc) is 2.47. The number of hydrogen-bond acceptors (Lipinski definition) is 5. The molecule has 0 saturated heterocycles. The van der Waals surface area contributed by atoms with E-state index < -0.39 is 10.0 Å². The largest absolute Gasteiger partial charge is 0.369 e. The number of nitrogens with one attached hydrogen (secondary N) is 2. The molecule has 7 heteroatoms. The first kappa shape index (κ1) is 17.6. The molecule has 1 aromatic carbocycles. The summed E-state index contributed by atoms with van der Waals surface area (Å²) in [4.78, 5) is 8.65. The minimum Gasteiger partial charge on any atom is -0.369 e. The third-order valence-corrected chi connectivity index (χ3v) is 4.49. The summed E-state index contributed by atoms with van der Waals surface area (Å²) in [6.07, 6.45) is 5.50. The van der Waals surface area contributed by atoms with Crippen LogP contribution >= 0.6 is 0 Å². The zero-order chi connectivity index (χ0) is 16.9. The number of hydrogen-bond donors (Lipinski definition) is 2. The molecule has 1 aromatic heterocycles. The van der Waals surface area contributed by atoms with Crippen LogP contribution in [0.2, 0.25) is 0 Å². The second-order valence-electron chi connectivity index (χ2n) is 5.83. The van der Waals surface area contributed by atoms with E-state index in [0.29, 0.717) is 6.54 Å². The monoisotopic (exact) mass is 336 g/mol.